The van der Waals surface area contributed by atoms with E-state index < -0.39 is 9.84 Å². The van der Waals surface area contributed by atoms with Gasteiger partial charge in [-0.05, 0) is 36.2 Å². The number of halogens is 2. The minimum Gasteiger partial charge on any atom is -0.219 e. The van der Waals surface area contributed by atoms with E-state index in [-0.39, 0.29) is 10.3 Å². The summed E-state index contributed by atoms with van der Waals surface area (Å²) in [5.74, 6) is 0. The average molecular weight is 386 g/mol. The molecular weight excluding hydrogens is 372 g/mol. The van der Waals surface area contributed by atoms with Gasteiger partial charge in [0, 0.05) is 9.88 Å². The van der Waals surface area contributed by atoms with E-state index in [1.54, 1.807) is 24.3 Å². The van der Waals surface area contributed by atoms with Crippen LogP contribution in [0.25, 0.3) is 0 Å². The lowest BCUT2D eigenvalue weighted by Crippen LogP contribution is -2.02. The van der Waals surface area contributed by atoms with Gasteiger partial charge in [0.1, 0.15) is 0 Å². The van der Waals surface area contributed by atoms with E-state index >= 15 is 0 Å². The fourth-order valence-corrected chi connectivity index (χ4v) is 3.47. The quantitative estimate of drug-likeness (QED) is 0.706. The highest BCUT2D eigenvalue weighted by Gasteiger charge is 2.11. The van der Waals surface area contributed by atoms with Crippen molar-refractivity contribution in [1.29, 1.82) is 0 Å². The Kier molecular flexibility index (Phi) is 5.62. The van der Waals surface area contributed by atoms with E-state index in [1.807, 2.05) is 30.3 Å². The molecule has 0 saturated heterocycles. The normalized spacial score (nSPS) is 13.4. The summed E-state index contributed by atoms with van der Waals surface area (Å²) in [4.78, 5) is 0.255. The smallest absolute Gasteiger partial charge is 0.199 e. The Labute approximate surface area is 138 Å². The molecule has 0 aliphatic heterocycles. The summed E-state index contributed by atoms with van der Waals surface area (Å²) in [5.41, 5.74) is 1.07. The van der Waals surface area contributed by atoms with Gasteiger partial charge in [-0.15, -0.1) is 11.6 Å². The number of allylic oxidation sites excluding steroid dienone is 1. The van der Waals surface area contributed by atoms with Crippen LogP contribution in [0.3, 0.4) is 0 Å². The van der Waals surface area contributed by atoms with Gasteiger partial charge < -0.3 is 0 Å². The second kappa shape index (κ2) is 7.25. The summed E-state index contributed by atoms with van der Waals surface area (Å²) in [6, 6.07) is 16.2. The van der Waals surface area contributed by atoms with Crippen LogP contribution in [-0.4, -0.2) is 13.8 Å². The van der Waals surface area contributed by atoms with Crippen LogP contribution in [0.1, 0.15) is 5.56 Å². The molecule has 0 amide bonds. The summed E-state index contributed by atoms with van der Waals surface area (Å²) in [6.45, 7) is 0. The van der Waals surface area contributed by atoms with Gasteiger partial charge in [0.15, 0.2) is 9.84 Å². The molecule has 1 atom stereocenters. The molecule has 0 heterocycles. The van der Waals surface area contributed by atoms with Crippen LogP contribution < -0.4 is 0 Å². The van der Waals surface area contributed by atoms with Gasteiger partial charge in [-0.1, -0.05) is 52.3 Å². The average Bonchev–Trinajstić information content (AvgIpc) is 2.47. The third kappa shape index (κ3) is 4.99. The van der Waals surface area contributed by atoms with Crippen LogP contribution in [0.4, 0.5) is 0 Å². The number of hydrogen-bond donors (Lipinski definition) is 0. The Bertz CT molecular complexity index is 710. The lowest BCUT2D eigenvalue weighted by Gasteiger charge is -2.04. The van der Waals surface area contributed by atoms with Crippen molar-refractivity contribution in [1.82, 2.24) is 0 Å². The first kappa shape index (κ1) is 16.3. The minimum atomic E-state index is -3.45. The number of rotatable bonds is 5. The molecule has 0 aliphatic carbocycles. The molecule has 0 aromatic heterocycles. The summed E-state index contributed by atoms with van der Waals surface area (Å²) in [7, 11) is -3.45. The highest BCUT2D eigenvalue weighted by molar-refractivity contribution is 9.10. The minimum absolute atomic E-state index is 0.255. The molecule has 0 aliphatic rings. The monoisotopic (exact) mass is 384 g/mol. The second-order valence-corrected chi connectivity index (χ2v) is 7.84. The van der Waals surface area contributed by atoms with Gasteiger partial charge in [-0.25, -0.2) is 8.42 Å². The van der Waals surface area contributed by atoms with Crippen molar-refractivity contribution in [3.63, 3.8) is 0 Å². The van der Waals surface area contributed by atoms with Crippen LogP contribution in [0.2, 0.25) is 0 Å². The molecular formula is C16H14BrClO2S. The Morgan fingerprint density at radius 1 is 1.05 bits per heavy atom. The molecule has 21 heavy (non-hydrogen) atoms. The van der Waals surface area contributed by atoms with E-state index in [0.717, 1.165) is 10.0 Å². The van der Waals surface area contributed by atoms with E-state index in [0.29, 0.717) is 6.42 Å². The molecule has 2 nitrogen and oxygen atoms in total. The zero-order valence-electron chi connectivity index (χ0n) is 11.1. The van der Waals surface area contributed by atoms with E-state index in [1.165, 1.54) is 11.5 Å². The van der Waals surface area contributed by atoms with Crippen molar-refractivity contribution in [3.05, 3.63) is 76.1 Å². The number of alkyl halides is 1. The summed E-state index contributed by atoms with van der Waals surface area (Å²) in [5, 5.41) is 0.814. The lowest BCUT2D eigenvalue weighted by atomic mass is 10.1. The van der Waals surface area contributed by atoms with Crippen molar-refractivity contribution in [2.45, 2.75) is 16.7 Å². The zero-order valence-corrected chi connectivity index (χ0v) is 14.3. The fourth-order valence-electron chi connectivity index (χ4n) is 1.80. The largest absolute Gasteiger partial charge is 0.219 e. The molecule has 0 fully saturated rings. The number of benzene rings is 2. The van der Waals surface area contributed by atoms with Crippen LogP contribution in [0.5, 0.6) is 0 Å². The second-order valence-electron chi connectivity index (χ2n) is 4.53. The Morgan fingerprint density at radius 2 is 1.67 bits per heavy atom. The van der Waals surface area contributed by atoms with Crippen molar-refractivity contribution in [2.24, 2.45) is 0 Å². The molecule has 0 spiro atoms. The standard InChI is InChI=1S/C16H14BrClO2S/c17-14-6-8-16(9-7-14)21(19,20)11-10-15(18)12-13-4-2-1-3-5-13/h1-11,15H,12H2. The van der Waals surface area contributed by atoms with E-state index in [9.17, 15) is 8.42 Å². The van der Waals surface area contributed by atoms with Gasteiger partial charge >= 0.3 is 0 Å². The molecule has 0 bridgehead atoms. The molecule has 1 unspecified atom stereocenters. The van der Waals surface area contributed by atoms with Crippen LogP contribution in [-0.2, 0) is 16.3 Å². The molecule has 5 heteroatoms. The van der Waals surface area contributed by atoms with Crippen LogP contribution in [0, 0.1) is 0 Å². The maximum absolute atomic E-state index is 12.1. The highest BCUT2D eigenvalue weighted by atomic mass is 79.9. The summed E-state index contributed by atoms with van der Waals surface area (Å²) < 4.78 is 25.1. The molecule has 0 saturated carbocycles. The zero-order chi connectivity index (χ0) is 15.3. The first-order valence-electron chi connectivity index (χ1n) is 6.34. The van der Waals surface area contributed by atoms with Gasteiger partial charge in [-0.2, -0.15) is 0 Å². The van der Waals surface area contributed by atoms with Gasteiger partial charge in [0.2, 0.25) is 0 Å². The molecule has 2 aromatic carbocycles. The van der Waals surface area contributed by atoms with Gasteiger partial charge in [0.25, 0.3) is 0 Å². The molecule has 0 N–H and O–H groups in total. The fraction of sp³-hybridized carbons (Fsp3) is 0.125. The third-order valence-electron chi connectivity index (χ3n) is 2.88. The van der Waals surface area contributed by atoms with Gasteiger partial charge in [0.05, 0.1) is 10.3 Å². The van der Waals surface area contributed by atoms with Crippen molar-refractivity contribution >= 4 is 37.4 Å². The topological polar surface area (TPSA) is 34.1 Å². The predicted molar refractivity (Wildman–Crippen MR) is 90.3 cm³/mol. The molecule has 2 aromatic rings. The maximum atomic E-state index is 12.1. The molecule has 110 valence electrons. The van der Waals surface area contributed by atoms with E-state index in [2.05, 4.69) is 15.9 Å². The highest BCUT2D eigenvalue weighted by Crippen LogP contribution is 2.18. The lowest BCUT2D eigenvalue weighted by molar-refractivity contribution is 0.604. The maximum Gasteiger partial charge on any atom is 0.199 e. The first-order valence-corrected chi connectivity index (χ1v) is 9.12. The summed E-state index contributed by atoms with van der Waals surface area (Å²) in [6.07, 6.45) is 2.11. The third-order valence-corrected chi connectivity index (χ3v) is 5.16. The molecule has 0 radical (unpaired) electrons. The Balaban J connectivity index is 2.07. The number of hydrogen-bond acceptors (Lipinski definition) is 2. The summed E-state index contributed by atoms with van der Waals surface area (Å²) >= 11 is 9.45. The Hall–Kier alpha value is -1.10. The Morgan fingerprint density at radius 3 is 2.29 bits per heavy atom. The SMILES string of the molecule is O=S(=O)(C=CC(Cl)Cc1ccccc1)c1ccc(Br)cc1. The van der Waals surface area contributed by atoms with Crippen molar-refractivity contribution < 1.29 is 8.42 Å². The predicted octanol–water partition coefficient (Wildman–Crippen LogP) is 4.59. The van der Waals surface area contributed by atoms with E-state index in [4.69, 9.17) is 11.6 Å². The van der Waals surface area contributed by atoms with Crippen LogP contribution >= 0.6 is 27.5 Å². The van der Waals surface area contributed by atoms with Crippen molar-refractivity contribution in [3.8, 4) is 0 Å². The molecule has 2 rings (SSSR count). The van der Waals surface area contributed by atoms with Crippen molar-refractivity contribution in [2.75, 3.05) is 0 Å². The number of sulfone groups is 1. The van der Waals surface area contributed by atoms with Crippen LogP contribution in [0.15, 0.2) is 75.4 Å². The first-order chi connectivity index (χ1) is 9.97. The van der Waals surface area contributed by atoms with Gasteiger partial charge in [-0.3, -0.25) is 0 Å².